The summed E-state index contributed by atoms with van der Waals surface area (Å²) >= 11 is 0. The Kier molecular flexibility index (Phi) is 4.42. The number of likely N-dealkylation sites (tertiary alicyclic amines) is 1. The monoisotopic (exact) mass is 402 g/mol. The minimum absolute atomic E-state index is 0.0671. The van der Waals surface area contributed by atoms with Gasteiger partial charge in [0.05, 0.1) is 17.5 Å². The molecule has 152 valence electrons. The predicted molar refractivity (Wildman–Crippen MR) is 110 cm³/mol. The van der Waals surface area contributed by atoms with Crippen LogP contribution in [0.1, 0.15) is 12.0 Å². The Morgan fingerprint density at radius 3 is 2.20 bits per heavy atom. The molecule has 2 N–H and O–H groups in total. The highest BCUT2D eigenvalue weighted by Gasteiger charge is 2.61. The van der Waals surface area contributed by atoms with E-state index >= 15 is 0 Å². The Labute approximate surface area is 174 Å². The van der Waals surface area contributed by atoms with Crippen LogP contribution in [0.15, 0.2) is 66.7 Å². The van der Waals surface area contributed by atoms with E-state index in [1.54, 1.807) is 18.2 Å². The summed E-state index contributed by atoms with van der Waals surface area (Å²) in [4.78, 5) is 41.0. The summed E-state index contributed by atoms with van der Waals surface area (Å²) in [6.07, 6.45) is 5.14. The highest BCUT2D eigenvalue weighted by molar-refractivity contribution is 6.11. The molecule has 2 aromatic rings. The molecular formula is C24H22N2O4. The average Bonchev–Trinajstić information content (AvgIpc) is 3.43. The summed E-state index contributed by atoms with van der Waals surface area (Å²) < 4.78 is 0. The zero-order valence-corrected chi connectivity index (χ0v) is 16.3. The van der Waals surface area contributed by atoms with Crippen LogP contribution >= 0.6 is 0 Å². The molecule has 6 nitrogen and oxygen atoms in total. The van der Waals surface area contributed by atoms with Crippen molar-refractivity contribution >= 4 is 23.4 Å². The van der Waals surface area contributed by atoms with Crippen LogP contribution in [0.25, 0.3) is 0 Å². The van der Waals surface area contributed by atoms with Gasteiger partial charge in [-0.25, -0.2) is 0 Å². The van der Waals surface area contributed by atoms with Crippen LogP contribution in [0.4, 0.5) is 5.69 Å². The fourth-order valence-electron chi connectivity index (χ4n) is 5.17. The van der Waals surface area contributed by atoms with Crippen molar-refractivity contribution in [1.82, 2.24) is 4.90 Å². The number of aromatic hydroxyl groups is 1. The van der Waals surface area contributed by atoms with Crippen molar-refractivity contribution in [3.05, 3.63) is 72.3 Å². The summed E-state index contributed by atoms with van der Waals surface area (Å²) in [6, 6.07) is 14.8. The summed E-state index contributed by atoms with van der Waals surface area (Å²) in [7, 11) is 0. The minimum atomic E-state index is -0.975. The number of fused-ring (bicyclic) bond motifs is 5. The van der Waals surface area contributed by atoms with Crippen LogP contribution < -0.4 is 5.32 Å². The van der Waals surface area contributed by atoms with Crippen LogP contribution in [0.2, 0.25) is 0 Å². The molecular weight excluding hydrogens is 380 g/mol. The van der Waals surface area contributed by atoms with Gasteiger partial charge in [-0.1, -0.05) is 54.6 Å². The normalized spacial score (nSPS) is 27.4. The van der Waals surface area contributed by atoms with E-state index in [0.29, 0.717) is 0 Å². The minimum Gasteiger partial charge on any atom is -0.506 e. The molecule has 5 atom stereocenters. The topological polar surface area (TPSA) is 86.7 Å². The maximum Gasteiger partial charge on any atom is 0.248 e. The number of phenols is 1. The number of benzene rings is 2. The number of carbonyl (C=O) groups is 3. The summed E-state index contributed by atoms with van der Waals surface area (Å²) in [5.74, 6) is -1.61. The van der Waals surface area contributed by atoms with E-state index in [0.717, 1.165) is 12.0 Å². The molecule has 1 heterocycles. The number of hydrogen-bond donors (Lipinski definition) is 2. The first-order chi connectivity index (χ1) is 14.5. The number of anilines is 1. The molecule has 3 amide bonds. The molecule has 30 heavy (non-hydrogen) atoms. The van der Waals surface area contributed by atoms with Gasteiger partial charge in [-0.15, -0.1) is 0 Å². The molecule has 0 unspecified atom stereocenters. The number of phenolic OH excluding ortho intramolecular Hbond substituents is 1. The maximum absolute atomic E-state index is 13.3. The number of amides is 3. The second-order valence-electron chi connectivity index (χ2n) is 8.26. The van der Waals surface area contributed by atoms with E-state index in [4.69, 9.17) is 0 Å². The number of nitrogens with zero attached hydrogens (tertiary/aromatic N) is 1. The largest absolute Gasteiger partial charge is 0.506 e. The lowest BCUT2D eigenvalue weighted by atomic mass is 9.85. The van der Waals surface area contributed by atoms with Crippen molar-refractivity contribution in [3.8, 4) is 5.75 Å². The zero-order chi connectivity index (χ0) is 20.8. The zero-order valence-electron chi connectivity index (χ0n) is 16.3. The molecule has 2 bridgehead atoms. The van der Waals surface area contributed by atoms with Gasteiger partial charge < -0.3 is 10.4 Å². The van der Waals surface area contributed by atoms with E-state index in [1.165, 1.54) is 11.0 Å². The first-order valence-electron chi connectivity index (χ1n) is 10.2. The molecule has 0 spiro atoms. The molecule has 6 heteroatoms. The van der Waals surface area contributed by atoms with Crippen LogP contribution in [-0.2, 0) is 20.8 Å². The van der Waals surface area contributed by atoms with Gasteiger partial charge in [0.2, 0.25) is 17.7 Å². The number of hydrogen-bond acceptors (Lipinski definition) is 4. The Bertz CT molecular complexity index is 1020. The number of nitrogens with one attached hydrogen (secondary N) is 1. The van der Waals surface area contributed by atoms with E-state index in [1.807, 2.05) is 42.5 Å². The first-order valence-corrected chi connectivity index (χ1v) is 10.2. The number of rotatable bonds is 5. The van der Waals surface area contributed by atoms with Gasteiger partial charge in [0.25, 0.3) is 0 Å². The Balaban J connectivity index is 1.47. The lowest BCUT2D eigenvalue weighted by Gasteiger charge is -2.27. The van der Waals surface area contributed by atoms with Gasteiger partial charge >= 0.3 is 0 Å². The number of para-hydroxylation sites is 2. The van der Waals surface area contributed by atoms with Crippen molar-refractivity contribution in [2.45, 2.75) is 18.9 Å². The molecule has 2 aliphatic carbocycles. The van der Waals surface area contributed by atoms with Gasteiger partial charge in [-0.2, -0.15) is 0 Å². The third kappa shape index (κ3) is 2.91. The van der Waals surface area contributed by atoms with Gasteiger partial charge in [0.1, 0.15) is 11.8 Å². The molecule has 2 fully saturated rings. The van der Waals surface area contributed by atoms with E-state index in [2.05, 4.69) is 5.32 Å². The molecule has 3 aliphatic rings. The Morgan fingerprint density at radius 2 is 1.57 bits per heavy atom. The average molecular weight is 402 g/mol. The van der Waals surface area contributed by atoms with Gasteiger partial charge in [0.15, 0.2) is 0 Å². The predicted octanol–water partition coefficient (Wildman–Crippen LogP) is 2.75. The third-order valence-corrected chi connectivity index (χ3v) is 6.55. The molecule has 1 saturated heterocycles. The highest BCUT2D eigenvalue weighted by atomic mass is 16.3. The van der Waals surface area contributed by atoms with Crippen molar-refractivity contribution in [2.75, 3.05) is 5.32 Å². The van der Waals surface area contributed by atoms with Crippen LogP contribution in [0.3, 0.4) is 0 Å². The van der Waals surface area contributed by atoms with E-state index < -0.39 is 11.9 Å². The maximum atomic E-state index is 13.3. The molecule has 1 aliphatic heterocycles. The van der Waals surface area contributed by atoms with E-state index in [-0.39, 0.29) is 53.3 Å². The van der Waals surface area contributed by atoms with Crippen molar-refractivity contribution in [3.63, 3.8) is 0 Å². The van der Waals surface area contributed by atoms with Crippen molar-refractivity contribution in [2.24, 2.45) is 23.7 Å². The van der Waals surface area contributed by atoms with Crippen LogP contribution in [0.5, 0.6) is 5.75 Å². The lowest BCUT2D eigenvalue weighted by Crippen LogP contribution is -2.49. The van der Waals surface area contributed by atoms with Crippen molar-refractivity contribution in [1.29, 1.82) is 0 Å². The number of carbonyl (C=O) groups excluding carboxylic acids is 3. The molecule has 0 aromatic heterocycles. The SMILES string of the molecule is O=C(Nc1ccccc1O)[C@H](Cc1ccccc1)N1C(=O)[C@@H]2[C@H](C1=O)[C@H]1C=C[C@H]2C1. The Hall–Kier alpha value is -3.41. The molecule has 5 rings (SSSR count). The highest BCUT2D eigenvalue weighted by Crippen LogP contribution is 2.53. The number of imide groups is 1. The summed E-state index contributed by atoms with van der Waals surface area (Å²) in [5, 5.41) is 12.7. The fraction of sp³-hybridized carbons (Fsp3) is 0.292. The standard InChI is InChI=1S/C24H22N2O4/c27-19-9-5-4-8-17(19)25-22(28)18(12-14-6-2-1-3-7-14)26-23(29)20-15-10-11-16(13-15)21(20)24(26)30/h1-11,15-16,18,20-21,27H,12-13H2,(H,25,28)/t15-,16-,18-,20-,21+/m0/s1. The third-order valence-electron chi connectivity index (χ3n) is 6.55. The fourth-order valence-corrected chi connectivity index (χ4v) is 5.17. The van der Waals surface area contributed by atoms with Crippen molar-refractivity contribution < 1.29 is 19.5 Å². The summed E-state index contributed by atoms with van der Waals surface area (Å²) in [5.41, 5.74) is 1.11. The Morgan fingerprint density at radius 1 is 0.967 bits per heavy atom. The molecule has 0 radical (unpaired) electrons. The number of allylic oxidation sites excluding steroid dienone is 2. The van der Waals surface area contributed by atoms with Crippen LogP contribution in [0, 0.1) is 23.7 Å². The van der Waals surface area contributed by atoms with Gasteiger partial charge in [-0.3, -0.25) is 19.3 Å². The quantitative estimate of drug-likeness (QED) is 0.457. The van der Waals surface area contributed by atoms with Gasteiger partial charge in [-0.05, 0) is 36.0 Å². The smallest absolute Gasteiger partial charge is 0.248 e. The van der Waals surface area contributed by atoms with Gasteiger partial charge in [0, 0.05) is 6.42 Å². The summed E-state index contributed by atoms with van der Waals surface area (Å²) in [6.45, 7) is 0. The molecule has 2 aromatic carbocycles. The van der Waals surface area contributed by atoms with Crippen LogP contribution in [-0.4, -0.2) is 33.8 Å². The van der Waals surface area contributed by atoms with E-state index in [9.17, 15) is 19.5 Å². The lowest BCUT2D eigenvalue weighted by molar-refractivity contribution is -0.147. The first kappa shape index (κ1) is 18.6. The molecule has 1 saturated carbocycles. The second kappa shape index (κ2) is 7.13. The second-order valence-corrected chi connectivity index (χ2v) is 8.26.